The first-order valence-electron chi connectivity index (χ1n) is 10.5. The van der Waals surface area contributed by atoms with Crippen molar-refractivity contribution in [3.05, 3.63) is 87.1 Å². The molecule has 0 saturated heterocycles. The van der Waals surface area contributed by atoms with Gasteiger partial charge in [-0.1, -0.05) is 40.2 Å². The Morgan fingerprint density at radius 3 is 2.26 bits per heavy atom. The molecule has 9 heteroatoms. The molecule has 1 heterocycles. The maximum atomic E-state index is 13.4. The number of rotatable bonds is 7. The van der Waals surface area contributed by atoms with Gasteiger partial charge in [-0.15, -0.1) is 0 Å². The molecule has 0 unspecified atom stereocenters. The quantitative estimate of drug-likeness (QED) is 0.347. The van der Waals surface area contributed by atoms with E-state index in [9.17, 15) is 9.59 Å². The fraction of sp³-hybridized carbons (Fsp3) is 0.115. The topological polar surface area (TPSA) is 91.7 Å². The zero-order chi connectivity index (χ0) is 24.9. The number of carbonyl (C=O) groups excluding carboxylic acids is 1. The summed E-state index contributed by atoms with van der Waals surface area (Å²) in [6, 6.07) is 17.7. The first kappa shape index (κ1) is 24.0. The summed E-state index contributed by atoms with van der Waals surface area (Å²) in [5, 5.41) is 0.362. The maximum absolute atomic E-state index is 13.4. The van der Waals surface area contributed by atoms with Gasteiger partial charge in [-0.05, 0) is 48.0 Å². The van der Waals surface area contributed by atoms with Gasteiger partial charge in [0.1, 0.15) is 0 Å². The minimum atomic E-state index is -0.499. The zero-order valence-corrected chi connectivity index (χ0v) is 20.8. The van der Waals surface area contributed by atoms with Crippen molar-refractivity contribution in [2.24, 2.45) is 0 Å². The molecule has 0 aliphatic heterocycles. The standard InChI is InChI=1S/C26H22BrN3O5/c1-33-21-14-17(15-22(34-2)24(21)35-3)25-28-20-7-5-4-6-19(20)26(32)30(25)29-23(31)13-10-16-8-11-18(27)12-9-16/h4-15H,1-3H3,(H,29,31)/b13-10+. The van der Waals surface area contributed by atoms with Crippen LogP contribution < -0.4 is 25.2 Å². The van der Waals surface area contributed by atoms with Crippen LogP contribution in [0, 0.1) is 0 Å². The van der Waals surface area contributed by atoms with Crippen molar-refractivity contribution in [1.29, 1.82) is 0 Å². The monoisotopic (exact) mass is 535 g/mol. The van der Waals surface area contributed by atoms with E-state index in [0.717, 1.165) is 14.7 Å². The number of para-hydroxylation sites is 1. The van der Waals surface area contributed by atoms with Crippen LogP contribution in [0.25, 0.3) is 28.4 Å². The average molecular weight is 536 g/mol. The third-order valence-corrected chi connectivity index (χ3v) is 5.75. The van der Waals surface area contributed by atoms with Crippen molar-refractivity contribution in [3.8, 4) is 28.6 Å². The molecular formula is C26H22BrN3O5. The van der Waals surface area contributed by atoms with Gasteiger partial charge >= 0.3 is 0 Å². The highest BCUT2D eigenvalue weighted by atomic mass is 79.9. The number of nitrogens with one attached hydrogen (secondary N) is 1. The van der Waals surface area contributed by atoms with Gasteiger partial charge < -0.3 is 14.2 Å². The lowest BCUT2D eigenvalue weighted by atomic mass is 10.1. The summed E-state index contributed by atoms with van der Waals surface area (Å²) >= 11 is 3.38. The fourth-order valence-electron chi connectivity index (χ4n) is 3.53. The number of methoxy groups -OCH3 is 3. The molecule has 1 aromatic heterocycles. The van der Waals surface area contributed by atoms with Gasteiger partial charge in [0.15, 0.2) is 17.3 Å². The van der Waals surface area contributed by atoms with Crippen molar-refractivity contribution in [2.75, 3.05) is 26.8 Å². The lowest BCUT2D eigenvalue weighted by molar-refractivity contribution is -0.112. The average Bonchev–Trinajstić information content (AvgIpc) is 2.89. The molecule has 0 spiro atoms. The third kappa shape index (κ3) is 5.04. The molecule has 1 N–H and O–H groups in total. The lowest BCUT2D eigenvalue weighted by Crippen LogP contribution is -2.34. The minimum Gasteiger partial charge on any atom is -0.493 e. The molecule has 35 heavy (non-hydrogen) atoms. The second-order valence-electron chi connectivity index (χ2n) is 7.37. The van der Waals surface area contributed by atoms with Gasteiger partial charge in [0.25, 0.3) is 11.5 Å². The summed E-state index contributed by atoms with van der Waals surface area (Å²) in [5.74, 6) is 0.878. The Morgan fingerprint density at radius 1 is 0.971 bits per heavy atom. The molecule has 4 aromatic rings. The molecule has 3 aromatic carbocycles. The van der Waals surface area contributed by atoms with Crippen molar-refractivity contribution in [3.63, 3.8) is 0 Å². The van der Waals surface area contributed by atoms with Crippen LogP contribution in [0.15, 0.2) is 76.0 Å². The Morgan fingerprint density at radius 2 is 1.63 bits per heavy atom. The van der Waals surface area contributed by atoms with E-state index in [1.54, 1.807) is 42.5 Å². The predicted molar refractivity (Wildman–Crippen MR) is 139 cm³/mol. The Balaban J connectivity index is 1.83. The van der Waals surface area contributed by atoms with Gasteiger partial charge in [-0.25, -0.2) is 4.98 Å². The van der Waals surface area contributed by atoms with Gasteiger partial charge in [-0.3, -0.25) is 15.0 Å². The number of aromatic nitrogens is 2. The molecule has 1 amide bonds. The van der Waals surface area contributed by atoms with Gasteiger partial charge in [0, 0.05) is 16.1 Å². The van der Waals surface area contributed by atoms with E-state index in [-0.39, 0.29) is 5.82 Å². The van der Waals surface area contributed by atoms with Crippen LogP contribution >= 0.6 is 15.9 Å². The third-order valence-electron chi connectivity index (χ3n) is 5.22. The molecule has 0 aliphatic carbocycles. The van der Waals surface area contributed by atoms with E-state index in [1.165, 1.54) is 27.4 Å². The number of ether oxygens (including phenoxy) is 3. The first-order valence-corrected chi connectivity index (χ1v) is 11.3. The second-order valence-corrected chi connectivity index (χ2v) is 8.28. The van der Waals surface area contributed by atoms with Crippen LogP contribution in [0.4, 0.5) is 0 Å². The summed E-state index contributed by atoms with van der Waals surface area (Å²) < 4.78 is 18.4. The Labute approximate surface area is 209 Å². The Hall–Kier alpha value is -4.11. The number of hydrogen-bond acceptors (Lipinski definition) is 6. The normalized spacial score (nSPS) is 11.0. The van der Waals surface area contributed by atoms with E-state index >= 15 is 0 Å². The van der Waals surface area contributed by atoms with E-state index in [2.05, 4.69) is 26.3 Å². The summed E-state index contributed by atoms with van der Waals surface area (Å²) in [4.78, 5) is 30.9. The predicted octanol–water partition coefficient (Wildman–Crippen LogP) is 4.64. The second kappa shape index (κ2) is 10.4. The summed E-state index contributed by atoms with van der Waals surface area (Å²) in [6.07, 6.45) is 3.00. The van der Waals surface area contributed by atoms with E-state index in [0.29, 0.717) is 33.7 Å². The van der Waals surface area contributed by atoms with Crippen LogP contribution in [-0.2, 0) is 4.79 Å². The number of halogens is 1. The molecular weight excluding hydrogens is 514 g/mol. The van der Waals surface area contributed by atoms with Crippen molar-refractivity contribution < 1.29 is 19.0 Å². The van der Waals surface area contributed by atoms with Crippen LogP contribution in [0.2, 0.25) is 0 Å². The van der Waals surface area contributed by atoms with Crippen molar-refractivity contribution >= 4 is 38.8 Å². The van der Waals surface area contributed by atoms with Crippen LogP contribution in [-0.4, -0.2) is 36.9 Å². The molecule has 0 saturated carbocycles. The molecule has 8 nitrogen and oxygen atoms in total. The van der Waals surface area contributed by atoms with E-state index in [4.69, 9.17) is 14.2 Å². The van der Waals surface area contributed by atoms with Crippen LogP contribution in [0.3, 0.4) is 0 Å². The lowest BCUT2D eigenvalue weighted by Gasteiger charge is -2.17. The maximum Gasteiger partial charge on any atom is 0.280 e. The number of hydrogen-bond donors (Lipinski definition) is 1. The SMILES string of the molecule is COc1cc(-c2nc3ccccc3c(=O)n2NC(=O)/C=C/c2ccc(Br)cc2)cc(OC)c1OC. The van der Waals surface area contributed by atoms with E-state index < -0.39 is 11.5 Å². The Kier molecular flexibility index (Phi) is 7.17. The summed E-state index contributed by atoms with van der Waals surface area (Å²) in [7, 11) is 4.50. The molecule has 0 radical (unpaired) electrons. The number of amides is 1. The van der Waals surface area contributed by atoms with Crippen molar-refractivity contribution in [2.45, 2.75) is 0 Å². The molecule has 4 rings (SSSR count). The fourth-order valence-corrected chi connectivity index (χ4v) is 3.80. The smallest absolute Gasteiger partial charge is 0.280 e. The highest BCUT2D eigenvalue weighted by Crippen LogP contribution is 2.40. The zero-order valence-electron chi connectivity index (χ0n) is 19.2. The summed E-state index contributed by atoms with van der Waals surface area (Å²) in [5.41, 5.74) is 4.02. The molecule has 0 bridgehead atoms. The Bertz CT molecular complexity index is 1450. The van der Waals surface area contributed by atoms with Gasteiger partial charge in [0.05, 0.1) is 32.2 Å². The molecule has 0 atom stereocenters. The summed E-state index contributed by atoms with van der Waals surface area (Å²) in [6.45, 7) is 0. The van der Waals surface area contributed by atoms with Gasteiger partial charge in [0.2, 0.25) is 5.75 Å². The highest BCUT2D eigenvalue weighted by molar-refractivity contribution is 9.10. The largest absolute Gasteiger partial charge is 0.493 e. The van der Waals surface area contributed by atoms with Crippen LogP contribution in [0.5, 0.6) is 17.2 Å². The number of nitrogens with zero attached hydrogens (tertiary/aromatic N) is 2. The number of benzene rings is 3. The van der Waals surface area contributed by atoms with Gasteiger partial charge in [-0.2, -0.15) is 4.68 Å². The van der Waals surface area contributed by atoms with Crippen LogP contribution in [0.1, 0.15) is 5.56 Å². The number of carbonyl (C=O) groups is 1. The highest BCUT2D eigenvalue weighted by Gasteiger charge is 2.19. The molecule has 0 fully saturated rings. The number of fused-ring (bicyclic) bond motifs is 1. The van der Waals surface area contributed by atoms with Crippen molar-refractivity contribution in [1.82, 2.24) is 9.66 Å². The first-order chi connectivity index (χ1) is 16.9. The molecule has 0 aliphatic rings. The molecule has 178 valence electrons. The minimum absolute atomic E-state index is 0.207. The van der Waals surface area contributed by atoms with E-state index in [1.807, 2.05) is 24.3 Å².